The largest absolute Gasteiger partial charge is 0.341 e. The third-order valence-electron chi connectivity index (χ3n) is 6.05. The van der Waals surface area contributed by atoms with Gasteiger partial charge >= 0.3 is 0 Å². The number of halogens is 1. The van der Waals surface area contributed by atoms with Gasteiger partial charge in [-0.15, -0.1) is 5.92 Å². The highest BCUT2D eigenvalue weighted by molar-refractivity contribution is 9.10. The van der Waals surface area contributed by atoms with Crippen LogP contribution in [-0.4, -0.2) is 38.2 Å². The van der Waals surface area contributed by atoms with Gasteiger partial charge < -0.3 is 15.2 Å². The average molecular weight is 505 g/mol. The van der Waals surface area contributed by atoms with Gasteiger partial charge in [-0.3, -0.25) is 14.3 Å². The number of pyridine rings is 1. The van der Waals surface area contributed by atoms with Crippen molar-refractivity contribution in [1.29, 1.82) is 0 Å². The Balaban J connectivity index is 1.57. The van der Waals surface area contributed by atoms with Crippen LogP contribution in [0.1, 0.15) is 25.5 Å². The normalized spacial score (nSPS) is 16.2. The Morgan fingerprint density at radius 1 is 1.18 bits per heavy atom. The number of benzene rings is 1. The van der Waals surface area contributed by atoms with Crippen LogP contribution in [0.15, 0.2) is 51.9 Å². The van der Waals surface area contributed by atoms with Crippen molar-refractivity contribution in [3.63, 3.8) is 0 Å². The van der Waals surface area contributed by atoms with Crippen molar-refractivity contribution < 1.29 is 0 Å². The summed E-state index contributed by atoms with van der Waals surface area (Å²) in [5.41, 5.74) is 9.16. The van der Waals surface area contributed by atoms with Gasteiger partial charge in [0.05, 0.1) is 29.8 Å². The van der Waals surface area contributed by atoms with Crippen LogP contribution in [-0.2, 0) is 13.1 Å². The van der Waals surface area contributed by atoms with Crippen molar-refractivity contribution >= 4 is 43.8 Å². The molecular formula is C25H25BrN6O. The van der Waals surface area contributed by atoms with Crippen molar-refractivity contribution in [2.24, 2.45) is 5.73 Å². The summed E-state index contributed by atoms with van der Waals surface area (Å²) >= 11 is 3.50. The van der Waals surface area contributed by atoms with Gasteiger partial charge in [0.2, 0.25) is 5.95 Å². The van der Waals surface area contributed by atoms with E-state index in [1.807, 2.05) is 41.1 Å². The summed E-state index contributed by atoms with van der Waals surface area (Å²) in [6, 6.07) is 12.1. The summed E-state index contributed by atoms with van der Waals surface area (Å²) in [5, 5.41) is 1.07. The van der Waals surface area contributed by atoms with E-state index in [9.17, 15) is 4.79 Å². The molecule has 0 saturated carbocycles. The van der Waals surface area contributed by atoms with Crippen LogP contribution in [0.5, 0.6) is 0 Å². The molecule has 4 heterocycles. The Morgan fingerprint density at radius 2 is 2.06 bits per heavy atom. The molecule has 5 rings (SSSR count). The van der Waals surface area contributed by atoms with Crippen molar-refractivity contribution in [2.45, 2.75) is 38.9 Å². The zero-order chi connectivity index (χ0) is 22.9. The van der Waals surface area contributed by atoms with E-state index in [4.69, 9.17) is 15.7 Å². The molecule has 1 aliphatic rings. The topological polar surface area (TPSA) is 82.0 Å². The molecule has 1 saturated heterocycles. The lowest BCUT2D eigenvalue weighted by atomic mass is 10.1. The lowest BCUT2D eigenvalue weighted by Gasteiger charge is -2.32. The van der Waals surface area contributed by atoms with Crippen molar-refractivity contribution in [3.8, 4) is 11.8 Å². The summed E-state index contributed by atoms with van der Waals surface area (Å²) in [5.74, 6) is 6.59. The van der Waals surface area contributed by atoms with Gasteiger partial charge in [-0.2, -0.15) is 0 Å². The average Bonchev–Trinajstić information content (AvgIpc) is 3.21. The third kappa shape index (κ3) is 4.26. The highest BCUT2D eigenvalue weighted by Crippen LogP contribution is 2.22. The SMILES string of the molecule is CC#CCn1c(N2CCC[C@@H](N)C2)nc2ccn(Cc3ccc4cc(Br)ccc4n3)c2c1=O. The molecule has 0 aliphatic carbocycles. The Bertz CT molecular complexity index is 1460. The van der Waals surface area contributed by atoms with Gasteiger partial charge in [0.1, 0.15) is 5.52 Å². The van der Waals surface area contributed by atoms with E-state index >= 15 is 0 Å². The first kappa shape index (κ1) is 21.7. The summed E-state index contributed by atoms with van der Waals surface area (Å²) in [6.45, 7) is 4.09. The number of hydrogen-bond donors (Lipinski definition) is 1. The molecule has 7 nitrogen and oxygen atoms in total. The Labute approximate surface area is 200 Å². The molecule has 1 aliphatic heterocycles. The Morgan fingerprint density at radius 3 is 2.88 bits per heavy atom. The first-order valence-corrected chi connectivity index (χ1v) is 11.9. The van der Waals surface area contributed by atoms with Gasteiger partial charge in [0, 0.05) is 35.2 Å². The number of rotatable bonds is 4. The number of aromatic nitrogens is 4. The molecule has 0 radical (unpaired) electrons. The minimum atomic E-state index is -0.0911. The second kappa shape index (κ2) is 9.00. The second-order valence-corrected chi connectivity index (χ2v) is 9.31. The molecule has 4 aromatic rings. The monoisotopic (exact) mass is 504 g/mol. The molecule has 8 heteroatoms. The fourth-order valence-corrected chi connectivity index (χ4v) is 4.82. The lowest BCUT2D eigenvalue weighted by molar-refractivity contribution is 0.492. The van der Waals surface area contributed by atoms with Crippen LogP contribution < -0.4 is 16.2 Å². The van der Waals surface area contributed by atoms with Gasteiger partial charge in [-0.25, -0.2) is 4.98 Å². The first-order valence-electron chi connectivity index (χ1n) is 11.1. The van der Waals surface area contributed by atoms with E-state index < -0.39 is 0 Å². The maximum Gasteiger partial charge on any atom is 0.280 e. The van der Waals surface area contributed by atoms with E-state index in [2.05, 4.69) is 38.7 Å². The fourth-order valence-electron chi connectivity index (χ4n) is 4.44. The first-order chi connectivity index (χ1) is 16.0. The van der Waals surface area contributed by atoms with Crippen LogP contribution in [0.3, 0.4) is 0 Å². The molecule has 1 fully saturated rings. The fraction of sp³-hybridized carbons (Fsp3) is 0.320. The number of anilines is 1. The molecule has 0 spiro atoms. The van der Waals surface area contributed by atoms with Crippen LogP contribution in [0.25, 0.3) is 21.9 Å². The highest BCUT2D eigenvalue weighted by Gasteiger charge is 2.23. The molecule has 0 unspecified atom stereocenters. The van der Waals surface area contributed by atoms with E-state index in [1.54, 1.807) is 11.5 Å². The molecular weight excluding hydrogens is 480 g/mol. The van der Waals surface area contributed by atoms with Crippen LogP contribution in [0, 0.1) is 11.8 Å². The quantitative estimate of drug-likeness (QED) is 0.430. The lowest BCUT2D eigenvalue weighted by Crippen LogP contribution is -2.45. The van der Waals surface area contributed by atoms with Crippen LogP contribution in [0.4, 0.5) is 5.95 Å². The zero-order valence-electron chi connectivity index (χ0n) is 18.5. The van der Waals surface area contributed by atoms with Gasteiger partial charge in [0.25, 0.3) is 5.56 Å². The summed E-state index contributed by atoms with van der Waals surface area (Å²) < 4.78 is 4.63. The molecule has 3 aromatic heterocycles. The van der Waals surface area contributed by atoms with Crippen molar-refractivity contribution in [2.75, 3.05) is 18.0 Å². The predicted octanol–water partition coefficient (Wildman–Crippen LogP) is 3.51. The molecule has 1 aromatic carbocycles. The molecule has 33 heavy (non-hydrogen) atoms. The van der Waals surface area contributed by atoms with E-state index in [0.29, 0.717) is 36.6 Å². The molecule has 0 amide bonds. The Hall–Kier alpha value is -3.15. The minimum absolute atomic E-state index is 0.0845. The number of fused-ring (bicyclic) bond motifs is 2. The highest BCUT2D eigenvalue weighted by atomic mass is 79.9. The van der Waals surface area contributed by atoms with Gasteiger partial charge in [-0.05, 0) is 50.1 Å². The summed E-state index contributed by atoms with van der Waals surface area (Å²) in [4.78, 5) is 25.4. The minimum Gasteiger partial charge on any atom is -0.341 e. The van der Waals surface area contributed by atoms with Crippen molar-refractivity contribution in [3.05, 3.63) is 63.1 Å². The van der Waals surface area contributed by atoms with E-state index in [0.717, 1.165) is 40.5 Å². The number of hydrogen-bond acceptors (Lipinski definition) is 5. The van der Waals surface area contributed by atoms with Crippen LogP contribution >= 0.6 is 15.9 Å². The summed E-state index contributed by atoms with van der Waals surface area (Å²) in [7, 11) is 0. The maximum atomic E-state index is 13.7. The van der Waals surface area contributed by atoms with E-state index in [-0.39, 0.29) is 11.6 Å². The maximum absolute atomic E-state index is 13.7. The number of nitrogens with two attached hydrogens (primary N) is 1. The molecule has 1 atom stereocenters. The van der Waals surface area contributed by atoms with Gasteiger partial charge in [-0.1, -0.05) is 27.9 Å². The summed E-state index contributed by atoms with van der Waals surface area (Å²) in [6.07, 6.45) is 3.89. The predicted molar refractivity (Wildman–Crippen MR) is 135 cm³/mol. The van der Waals surface area contributed by atoms with Gasteiger partial charge in [0.15, 0.2) is 0 Å². The molecule has 2 N–H and O–H groups in total. The standard InChI is InChI=1S/C25H25BrN6O/c1-2-3-12-32-24(33)23-22(29-25(32)31-11-4-5-19(27)15-31)10-13-30(23)16-20-8-6-17-14-18(26)7-9-21(17)28-20/h6-10,13-14,19H,4-5,11-12,15-16,27H2,1H3/t19-/m1/s1. The smallest absolute Gasteiger partial charge is 0.280 e. The zero-order valence-corrected chi connectivity index (χ0v) is 20.0. The number of piperidine rings is 1. The second-order valence-electron chi connectivity index (χ2n) is 8.40. The number of nitrogens with zero attached hydrogens (tertiary/aromatic N) is 5. The van der Waals surface area contributed by atoms with E-state index in [1.165, 1.54) is 0 Å². The third-order valence-corrected chi connectivity index (χ3v) is 6.54. The van der Waals surface area contributed by atoms with Crippen molar-refractivity contribution in [1.82, 2.24) is 19.1 Å². The van der Waals surface area contributed by atoms with Crippen LogP contribution in [0.2, 0.25) is 0 Å². The Kier molecular flexibility index (Phi) is 5.92. The molecule has 0 bridgehead atoms. The molecule has 168 valence electrons.